The van der Waals surface area contributed by atoms with Gasteiger partial charge in [0, 0.05) is 18.3 Å². The predicted octanol–water partition coefficient (Wildman–Crippen LogP) is 3.52. The predicted molar refractivity (Wildman–Crippen MR) is 113 cm³/mol. The van der Waals surface area contributed by atoms with E-state index in [-0.39, 0.29) is 11.4 Å². The Hall–Kier alpha value is -2.82. The van der Waals surface area contributed by atoms with E-state index in [4.69, 9.17) is 4.74 Å². The molecule has 0 aliphatic rings. The molecule has 4 aromatic rings. The Morgan fingerprint density at radius 2 is 1.93 bits per heavy atom. The molecule has 30 heavy (non-hydrogen) atoms. The van der Waals surface area contributed by atoms with Crippen molar-refractivity contribution in [2.75, 3.05) is 13.2 Å². The number of nitrogens with zero attached hydrogens (tertiary/aromatic N) is 3. The lowest BCUT2D eigenvalue weighted by atomic mass is 10.2. The first-order chi connectivity index (χ1) is 14.5. The van der Waals surface area contributed by atoms with Gasteiger partial charge >= 0.3 is 0 Å². The van der Waals surface area contributed by atoms with Crippen molar-refractivity contribution in [3.05, 3.63) is 65.4 Å². The summed E-state index contributed by atoms with van der Waals surface area (Å²) in [4.78, 5) is 5.10. The van der Waals surface area contributed by atoms with Crippen LogP contribution < -0.4 is 9.46 Å². The van der Waals surface area contributed by atoms with Crippen molar-refractivity contribution in [2.24, 2.45) is 0 Å². The van der Waals surface area contributed by atoms with Gasteiger partial charge in [-0.3, -0.25) is 0 Å². The topological polar surface area (TPSA) is 85.6 Å². The molecule has 0 spiro atoms. The average Bonchev–Trinajstić information content (AvgIpc) is 3.30. The molecule has 2 aromatic carbocycles. The van der Waals surface area contributed by atoms with Crippen molar-refractivity contribution in [1.29, 1.82) is 0 Å². The molecule has 0 atom stereocenters. The molecule has 0 fully saturated rings. The Bertz CT molecular complexity index is 1280. The number of rotatable bonds is 8. The summed E-state index contributed by atoms with van der Waals surface area (Å²) >= 11 is 1.37. The molecule has 0 amide bonds. The maximum Gasteiger partial charge on any atom is 0.244 e. The van der Waals surface area contributed by atoms with E-state index in [0.29, 0.717) is 35.1 Å². The van der Waals surface area contributed by atoms with Gasteiger partial charge in [0.1, 0.15) is 16.5 Å². The second-order valence-electron chi connectivity index (χ2n) is 6.36. The maximum atomic E-state index is 14.0. The minimum Gasteiger partial charge on any atom is -0.492 e. The highest BCUT2D eigenvalue weighted by atomic mass is 32.2. The number of benzene rings is 2. The molecule has 0 saturated heterocycles. The van der Waals surface area contributed by atoms with Crippen LogP contribution in [-0.4, -0.2) is 36.2 Å². The van der Waals surface area contributed by atoms with Gasteiger partial charge in [-0.1, -0.05) is 24.3 Å². The first kappa shape index (κ1) is 20.5. The highest BCUT2D eigenvalue weighted by molar-refractivity contribution is 7.89. The molecule has 0 radical (unpaired) electrons. The third-order valence-corrected chi connectivity index (χ3v) is 6.74. The van der Waals surface area contributed by atoms with E-state index in [2.05, 4.69) is 14.8 Å². The fraction of sp³-hybridized carbons (Fsp3) is 0.200. The fourth-order valence-corrected chi connectivity index (χ4v) is 5.02. The Morgan fingerprint density at radius 1 is 1.17 bits per heavy atom. The van der Waals surface area contributed by atoms with Crippen LogP contribution in [0.25, 0.3) is 16.3 Å². The molecular formula is C20H19FN4O3S2. The second kappa shape index (κ2) is 8.50. The first-order valence-electron chi connectivity index (χ1n) is 9.29. The van der Waals surface area contributed by atoms with Crippen LogP contribution >= 0.6 is 11.3 Å². The first-order valence-corrected chi connectivity index (χ1v) is 11.7. The molecule has 2 heterocycles. The van der Waals surface area contributed by atoms with E-state index in [1.54, 1.807) is 47.8 Å². The monoisotopic (exact) mass is 446 g/mol. The van der Waals surface area contributed by atoms with Gasteiger partial charge in [-0.2, -0.15) is 4.98 Å². The number of thiazole rings is 1. The number of hydrogen-bond donors (Lipinski definition) is 1. The van der Waals surface area contributed by atoms with Crippen LogP contribution in [0.4, 0.5) is 4.39 Å². The summed E-state index contributed by atoms with van der Waals surface area (Å²) in [6, 6.07) is 12.8. The van der Waals surface area contributed by atoms with Gasteiger partial charge in [-0.15, -0.1) is 16.4 Å². The Morgan fingerprint density at radius 3 is 2.73 bits per heavy atom. The van der Waals surface area contributed by atoms with Gasteiger partial charge in [-0.05, 0) is 31.2 Å². The zero-order valence-corrected chi connectivity index (χ0v) is 17.7. The van der Waals surface area contributed by atoms with Gasteiger partial charge in [0.2, 0.25) is 15.0 Å². The van der Waals surface area contributed by atoms with E-state index in [1.807, 2.05) is 5.38 Å². The minimum atomic E-state index is -3.73. The van der Waals surface area contributed by atoms with E-state index < -0.39 is 15.8 Å². The van der Waals surface area contributed by atoms with Crippen LogP contribution in [0.1, 0.15) is 12.6 Å². The largest absolute Gasteiger partial charge is 0.492 e. The molecule has 0 bridgehead atoms. The van der Waals surface area contributed by atoms with E-state index in [0.717, 1.165) is 5.69 Å². The number of aromatic nitrogens is 3. The average molecular weight is 447 g/mol. The van der Waals surface area contributed by atoms with Crippen molar-refractivity contribution in [3.63, 3.8) is 0 Å². The van der Waals surface area contributed by atoms with Gasteiger partial charge < -0.3 is 4.74 Å². The number of para-hydroxylation sites is 1. The summed E-state index contributed by atoms with van der Waals surface area (Å²) in [7, 11) is -3.73. The van der Waals surface area contributed by atoms with Crippen LogP contribution in [0.2, 0.25) is 0 Å². The maximum absolute atomic E-state index is 14.0. The summed E-state index contributed by atoms with van der Waals surface area (Å²) < 4.78 is 49.0. The highest BCUT2D eigenvalue weighted by Crippen LogP contribution is 2.24. The summed E-state index contributed by atoms with van der Waals surface area (Å²) in [6.45, 7) is 2.34. The van der Waals surface area contributed by atoms with Crippen LogP contribution in [0.15, 0.2) is 58.8 Å². The SMILES string of the molecule is CCOc1ccccc1S(=O)(=O)NCCc1csc2nc(-c3ccccc3F)nn12. The van der Waals surface area contributed by atoms with Gasteiger partial charge in [0.25, 0.3) is 0 Å². The van der Waals surface area contributed by atoms with Crippen molar-refractivity contribution in [2.45, 2.75) is 18.2 Å². The lowest BCUT2D eigenvalue weighted by Gasteiger charge is -2.11. The fourth-order valence-electron chi connectivity index (χ4n) is 2.99. The summed E-state index contributed by atoms with van der Waals surface area (Å²) in [6.07, 6.45) is 0.399. The van der Waals surface area contributed by atoms with E-state index >= 15 is 0 Å². The standard InChI is InChI=1S/C20H19FN4O3S2/c1-2-28-17-9-5-6-10-18(17)30(26,27)22-12-11-14-13-29-20-23-19(24-25(14)20)15-7-3-4-8-16(15)21/h3-10,13,22H,2,11-12H2,1H3. The van der Waals surface area contributed by atoms with Crippen LogP contribution in [0.3, 0.4) is 0 Å². The summed E-state index contributed by atoms with van der Waals surface area (Å²) in [5, 5.41) is 6.26. The Kier molecular flexibility index (Phi) is 5.80. The smallest absolute Gasteiger partial charge is 0.244 e. The highest BCUT2D eigenvalue weighted by Gasteiger charge is 2.19. The van der Waals surface area contributed by atoms with Crippen molar-refractivity contribution in [1.82, 2.24) is 19.3 Å². The normalized spacial score (nSPS) is 11.8. The van der Waals surface area contributed by atoms with Crippen molar-refractivity contribution < 1.29 is 17.5 Å². The van der Waals surface area contributed by atoms with E-state index in [1.165, 1.54) is 23.5 Å². The molecule has 156 valence electrons. The molecule has 2 aromatic heterocycles. The van der Waals surface area contributed by atoms with Gasteiger partial charge in [0.05, 0.1) is 17.9 Å². The number of ether oxygens (including phenoxy) is 1. The molecule has 0 unspecified atom stereocenters. The van der Waals surface area contributed by atoms with E-state index in [9.17, 15) is 12.8 Å². The van der Waals surface area contributed by atoms with Gasteiger partial charge in [0.15, 0.2) is 5.82 Å². The second-order valence-corrected chi connectivity index (χ2v) is 8.94. The molecule has 4 rings (SSSR count). The summed E-state index contributed by atoms with van der Waals surface area (Å²) in [5.41, 5.74) is 1.11. The number of hydrogen-bond acceptors (Lipinski definition) is 6. The van der Waals surface area contributed by atoms with Crippen molar-refractivity contribution in [3.8, 4) is 17.1 Å². The number of sulfonamides is 1. The molecule has 0 saturated carbocycles. The zero-order chi connectivity index (χ0) is 21.1. The number of fused-ring (bicyclic) bond motifs is 1. The van der Waals surface area contributed by atoms with Crippen LogP contribution in [0.5, 0.6) is 5.75 Å². The molecule has 10 heteroatoms. The molecule has 1 N–H and O–H groups in total. The third kappa shape index (κ3) is 4.07. The molecule has 0 aliphatic carbocycles. The Labute approximate surface area is 177 Å². The number of halogens is 1. The zero-order valence-electron chi connectivity index (χ0n) is 16.1. The minimum absolute atomic E-state index is 0.102. The number of nitrogens with one attached hydrogen (secondary N) is 1. The van der Waals surface area contributed by atoms with Gasteiger partial charge in [-0.25, -0.2) is 22.0 Å². The quantitative estimate of drug-likeness (QED) is 0.448. The lowest BCUT2D eigenvalue weighted by Crippen LogP contribution is -2.26. The van der Waals surface area contributed by atoms with Crippen LogP contribution in [-0.2, 0) is 16.4 Å². The third-order valence-electron chi connectivity index (χ3n) is 4.38. The summed E-state index contributed by atoms with van der Waals surface area (Å²) in [5.74, 6) is 0.224. The van der Waals surface area contributed by atoms with Crippen molar-refractivity contribution >= 4 is 26.3 Å². The molecule has 0 aliphatic heterocycles. The van der Waals surface area contributed by atoms with Crippen LogP contribution in [0, 0.1) is 5.82 Å². The molecular weight excluding hydrogens is 427 g/mol. The Balaban J connectivity index is 1.50. The lowest BCUT2D eigenvalue weighted by molar-refractivity contribution is 0.331. The molecule has 7 nitrogen and oxygen atoms in total.